The first kappa shape index (κ1) is 25.9. The highest BCUT2D eigenvalue weighted by Gasteiger charge is 2.30. The van der Waals surface area contributed by atoms with Crippen molar-refractivity contribution in [2.45, 2.75) is 46.3 Å². The molecule has 2 amide bonds. The number of benzene rings is 2. The van der Waals surface area contributed by atoms with Crippen LogP contribution in [-0.4, -0.2) is 50.0 Å². The van der Waals surface area contributed by atoms with Gasteiger partial charge in [-0.1, -0.05) is 45.8 Å². The van der Waals surface area contributed by atoms with Crippen molar-refractivity contribution in [3.05, 3.63) is 64.1 Å². The van der Waals surface area contributed by atoms with Crippen LogP contribution in [0.2, 0.25) is 0 Å². The lowest BCUT2D eigenvalue weighted by atomic mass is 10.1. The molecule has 32 heavy (non-hydrogen) atoms. The van der Waals surface area contributed by atoms with Gasteiger partial charge in [0.25, 0.3) is 0 Å². The van der Waals surface area contributed by atoms with Crippen molar-refractivity contribution in [3.63, 3.8) is 0 Å². The first-order valence-corrected chi connectivity index (χ1v) is 12.9. The van der Waals surface area contributed by atoms with Gasteiger partial charge in [0.05, 0.1) is 11.9 Å². The number of carbonyl (C=O) groups excluding carboxylic acids is 2. The molecule has 0 bridgehead atoms. The maximum Gasteiger partial charge on any atom is 0.244 e. The second-order valence-electron chi connectivity index (χ2n) is 8.09. The molecule has 1 N–H and O–H groups in total. The Morgan fingerprint density at radius 3 is 2.06 bits per heavy atom. The molecule has 0 aliphatic carbocycles. The van der Waals surface area contributed by atoms with Gasteiger partial charge in [-0.15, -0.1) is 0 Å². The number of hydrogen-bond acceptors (Lipinski definition) is 4. The van der Waals surface area contributed by atoms with Crippen LogP contribution in [0, 0.1) is 6.92 Å². The summed E-state index contributed by atoms with van der Waals surface area (Å²) >= 11 is 3.39. The Balaban J connectivity index is 2.36. The van der Waals surface area contributed by atoms with E-state index in [9.17, 15) is 18.0 Å². The number of aryl methyl sites for hydroxylation is 1. The van der Waals surface area contributed by atoms with Crippen LogP contribution in [0.15, 0.2) is 53.0 Å². The summed E-state index contributed by atoms with van der Waals surface area (Å²) in [4.78, 5) is 27.5. The zero-order valence-corrected chi connectivity index (χ0v) is 21.4. The third-order valence-corrected chi connectivity index (χ3v) is 6.53. The number of carbonyl (C=O) groups is 2. The standard InChI is InChI=1S/C23H30BrN3O4S/c1-16(2)25-23(29)18(4)26(14-19-8-10-20(24)11-9-19)22(28)15-27(32(5,30)31)21-12-6-17(3)7-13-21/h6-13,16,18H,14-15H2,1-5H3,(H,25,29)/t18-/m0/s1. The summed E-state index contributed by atoms with van der Waals surface area (Å²) in [7, 11) is -3.72. The number of halogens is 1. The van der Waals surface area contributed by atoms with E-state index in [2.05, 4.69) is 21.2 Å². The predicted octanol–water partition coefficient (Wildman–Crippen LogP) is 3.47. The van der Waals surface area contributed by atoms with Gasteiger partial charge in [0.15, 0.2) is 0 Å². The fourth-order valence-corrected chi connectivity index (χ4v) is 4.21. The molecule has 9 heteroatoms. The molecular formula is C23H30BrN3O4S. The number of rotatable bonds is 9. The summed E-state index contributed by atoms with van der Waals surface area (Å²) in [6.45, 7) is 6.99. The first-order valence-electron chi connectivity index (χ1n) is 10.3. The lowest BCUT2D eigenvalue weighted by Gasteiger charge is -2.32. The van der Waals surface area contributed by atoms with Crippen molar-refractivity contribution < 1.29 is 18.0 Å². The molecule has 0 unspecified atom stereocenters. The van der Waals surface area contributed by atoms with E-state index in [-0.39, 0.29) is 18.5 Å². The van der Waals surface area contributed by atoms with Gasteiger partial charge in [0.2, 0.25) is 21.8 Å². The molecular weight excluding hydrogens is 494 g/mol. The smallest absolute Gasteiger partial charge is 0.244 e. The van der Waals surface area contributed by atoms with E-state index >= 15 is 0 Å². The number of hydrogen-bond donors (Lipinski definition) is 1. The van der Waals surface area contributed by atoms with Gasteiger partial charge in [-0.25, -0.2) is 8.42 Å². The molecule has 0 fully saturated rings. The molecule has 2 aromatic carbocycles. The summed E-state index contributed by atoms with van der Waals surface area (Å²) in [6, 6.07) is 13.4. The number of nitrogens with one attached hydrogen (secondary N) is 1. The van der Waals surface area contributed by atoms with E-state index in [0.29, 0.717) is 5.69 Å². The molecule has 0 aliphatic rings. The van der Waals surface area contributed by atoms with Gasteiger partial charge in [-0.3, -0.25) is 13.9 Å². The maximum absolute atomic E-state index is 13.4. The Kier molecular flexibility index (Phi) is 8.86. The topological polar surface area (TPSA) is 86.8 Å². The van der Waals surface area contributed by atoms with Crippen LogP contribution in [0.1, 0.15) is 31.9 Å². The monoisotopic (exact) mass is 523 g/mol. The number of sulfonamides is 1. The van der Waals surface area contributed by atoms with Gasteiger partial charge < -0.3 is 10.2 Å². The summed E-state index contributed by atoms with van der Waals surface area (Å²) in [5.74, 6) is -0.767. The molecule has 7 nitrogen and oxygen atoms in total. The second kappa shape index (κ2) is 11.0. The Labute approximate surface area is 199 Å². The molecule has 0 aliphatic heterocycles. The Morgan fingerprint density at radius 2 is 1.56 bits per heavy atom. The van der Waals surface area contributed by atoms with Crippen LogP contribution in [0.4, 0.5) is 5.69 Å². The molecule has 0 saturated heterocycles. The van der Waals surface area contributed by atoms with E-state index in [4.69, 9.17) is 0 Å². The molecule has 174 valence electrons. The van der Waals surface area contributed by atoms with Crippen molar-refractivity contribution in [1.82, 2.24) is 10.2 Å². The fourth-order valence-electron chi connectivity index (χ4n) is 3.10. The van der Waals surface area contributed by atoms with E-state index in [1.165, 1.54) is 4.90 Å². The normalized spacial score (nSPS) is 12.3. The second-order valence-corrected chi connectivity index (χ2v) is 10.9. The van der Waals surface area contributed by atoms with Crippen LogP contribution in [0.5, 0.6) is 0 Å². The van der Waals surface area contributed by atoms with Gasteiger partial charge in [-0.05, 0) is 57.5 Å². The summed E-state index contributed by atoms with van der Waals surface area (Å²) in [6.07, 6.45) is 1.06. The van der Waals surface area contributed by atoms with Gasteiger partial charge in [-0.2, -0.15) is 0 Å². The maximum atomic E-state index is 13.4. The third kappa shape index (κ3) is 7.34. The van der Waals surface area contributed by atoms with Crippen LogP contribution in [-0.2, 0) is 26.2 Å². The molecule has 0 aromatic heterocycles. The highest BCUT2D eigenvalue weighted by atomic mass is 79.9. The molecule has 0 radical (unpaired) electrons. The average molecular weight is 524 g/mol. The van der Waals surface area contributed by atoms with E-state index in [1.54, 1.807) is 31.2 Å². The molecule has 0 heterocycles. The van der Waals surface area contributed by atoms with Crippen LogP contribution in [0.25, 0.3) is 0 Å². The zero-order chi connectivity index (χ0) is 24.1. The number of amides is 2. The quantitative estimate of drug-likeness (QED) is 0.545. The zero-order valence-electron chi connectivity index (χ0n) is 19.0. The molecule has 2 aromatic rings. The summed E-state index contributed by atoms with van der Waals surface area (Å²) < 4.78 is 26.9. The highest BCUT2D eigenvalue weighted by Crippen LogP contribution is 2.20. The first-order chi connectivity index (χ1) is 14.9. The minimum absolute atomic E-state index is 0.0883. The van der Waals surface area contributed by atoms with Crippen molar-refractivity contribution in [2.24, 2.45) is 0 Å². The van der Waals surface area contributed by atoms with E-state index in [0.717, 1.165) is 26.2 Å². The Morgan fingerprint density at radius 1 is 1.00 bits per heavy atom. The van der Waals surface area contributed by atoms with Gasteiger partial charge in [0.1, 0.15) is 12.6 Å². The molecule has 2 rings (SSSR count). The molecule has 1 atom stereocenters. The number of anilines is 1. The molecule has 0 spiro atoms. The van der Waals surface area contributed by atoms with Crippen molar-refractivity contribution in [2.75, 3.05) is 17.1 Å². The predicted molar refractivity (Wildman–Crippen MR) is 131 cm³/mol. The van der Waals surface area contributed by atoms with Crippen LogP contribution < -0.4 is 9.62 Å². The highest BCUT2D eigenvalue weighted by molar-refractivity contribution is 9.10. The largest absolute Gasteiger partial charge is 0.352 e. The van der Waals surface area contributed by atoms with Crippen molar-refractivity contribution in [3.8, 4) is 0 Å². The molecule has 0 saturated carbocycles. The van der Waals surface area contributed by atoms with Gasteiger partial charge >= 0.3 is 0 Å². The van der Waals surface area contributed by atoms with E-state index < -0.39 is 28.5 Å². The van der Waals surface area contributed by atoms with Gasteiger partial charge in [0, 0.05) is 17.1 Å². The summed E-state index contributed by atoms with van der Waals surface area (Å²) in [5, 5.41) is 2.82. The van der Waals surface area contributed by atoms with Crippen LogP contribution >= 0.6 is 15.9 Å². The number of nitrogens with zero attached hydrogens (tertiary/aromatic N) is 2. The lowest BCUT2D eigenvalue weighted by Crippen LogP contribution is -2.52. The third-order valence-electron chi connectivity index (χ3n) is 4.87. The minimum Gasteiger partial charge on any atom is -0.352 e. The Hall–Kier alpha value is -2.39. The lowest BCUT2D eigenvalue weighted by molar-refractivity contribution is -0.139. The van der Waals surface area contributed by atoms with Crippen molar-refractivity contribution in [1.29, 1.82) is 0 Å². The van der Waals surface area contributed by atoms with Crippen molar-refractivity contribution >= 4 is 43.5 Å². The summed E-state index contributed by atoms with van der Waals surface area (Å²) in [5.41, 5.74) is 2.20. The van der Waals surface area contributed by atoms with Crippen LogP contribution in [0.3, 0.4) is 0 Å². The Bertz CT molecular complexity index is 1040. The SMILES string of the molecule is Cc1ccc(N(CC(=O)N(Cc2ccc(Br)cc2)[C@@H](C)C(=O)NC(C)C)S(C)(=O)=O)cc1. The minimum atomic E-state index is -3.72. The van der Waals surface area contributed by atoms with E-state index in [1.807, 2.05) is 45.0 Å². The fraction of sp³-hybridized carbons (Fsp3) is 0.391. The average Bonchev–Trinajstić information content (AvgIpc) is 2.70.